The quantitative estimate of drug-likeness (QED) is 0.914. The first kappa shape index (κ1) is 15.1. The molecule has 0 saturated carbocycles. The Morgan fingerprint density at radius 2 is 2.00 bits per heavy atom. The molecular formula is C18H19F2NO. The minimum Gasteiger partial charge on any atom is -0.391 e. The van der Waals surface area contributed by atoms with Gasteiger partial charge in [0.2, 0.25) is 0 Å². The van der Waals surface area contributed by atoms with Gasteiger partial charge in [-0.15, -0.1) is 0 Å². The van der Waals surface area contributed by atoms with Gasteiger partial charge in [0.15, 0.2) is 0 Å². The van der Waals surface area contributed by atoms with E-state index in [1.54, 1.807) is 19.2 Å². The molecule has 1 aliphatic carbocycles. The van der Waals surface area contributed by atoms with Crippen LogP contribution in [-0.2, 0) is 12.8 Å². The zero-order valence-corrected chi connectivity index (χ0v) is 12.4. The van der Waals surface area contributed by atoms with Crippen LogP contribution in [0, 0.1) is 11.6 Å². The summed E-state index contributed by atoms with van der Waals surface area (Å²) in [5.74, 6) is -1.01. The zero-order valence-electron chi connectivity index (χ0n) is 12.4. The van der Waals surface area contributed by atoms with Crippen molar-refractivity contribution < 1.29 is 13.9 Å². The zero-order chi connectivity index (χ0) is 15.7. The van der Waals surface area contributed by atoms with Gasteiger partial charge in [0.05, 0.1) is 6.10 Å². The second-order valence-corrected chi connectivity index (χ2v) is 5.75. The molecule has 0 heterocycles. The van der Waals surface area contributed by atoms with Crippen molar-refractivity contribution in [3.05, 3.63) is 70.3 Å². The molecule has 0 saturated heterocycles. The number of fused-ring (bicyclic) bond motifs is 2. The fourth-order valence-corrected chi connectivity index (χ4v) is 3.38. The average molecular weight is 303 g/mol. The highest BCUT2D eigenvalue weighted by Crippen LogP contribution is 2.37. The Morgan fingerprint density at radius 3 is 2.77 bits per heavy atom. The van der Waals surface area contributed by atoms with Gasteiger partial charge >= 0.3 is 0 Å². The van der Waals surface area contributed by atoms with E-state index in [2.05, 4.69) is 5.32 Å². The summed E-state index contributed by atoms with van der Waals surface area (Å²) in [6.07, 6.45) is 0.458. The maximum atomic E-state index is 14.2. The number of rotatable bonds is 3. The molecule has 2 unspecified atom stereocenters. The van der Waals surface area contributed by atoms with Crippen LogP contribution in [0.25, 0.3) is 0 Å². The Kier molecular flexibility index (Phi) is 4.23. The number of aryl methyl sites for hydroxylation is 1. The lowest BCUT2D eigenvalue weighted by molar-refractivity contribution is 0.156. The largest absolute Gasteiger partial charge is 0.391 e. The number of halogens is 2. The van der Waals surface area contributed by atoms with E-state index in [4.69, 9.17) is 0 Å². The molecule has 2 nitrogen and oxygen atoms in total. The molecule has 2 aromatic rings. The molecule has 0 fully saturated rings. The summed E-state index contributed by atoms with van der Waals surface area (Å²) in [5.41, 5.74) is 3.11. The number of hydrogen-bond donors (Lipinski definition) is 2. The molecule has 0 spiro atoms. The van der Waals surface area contributed by atoms with Crippen LogP contribution < -0.4 is 5.32 Å². The van der Waals surface area contributed by atoms with Crippen molar-refractivity contribution in [3.63, 3.8) is 0 Å². The second kappa shape index (κ2) is 6.15. The van der Waals surface area contributed by atoms with E-state index >= 15 is 0 Å². The van der Waals surface area contributed by atoms with Crippen LogP contribution >= 0.6 is 0 Å². The maximum absolute atomic E-state index is 14.2. The Morgan fingerprint density at radius 1 is 1.18 bits per heavy atom. The Hall–Kier alpha value is -1.78. The SMILES string of the molecule is CNCC(O)C1c2cc(F)ccc2CCc2c(F)cccc21. The molecule has 2 N–H and O–H groups in total. The van der Waals surface area contributed by atoms with E-state index in [0.29, 0.717) is 24.9 Å². The highest BCUT2D eigenvalue weighted by Gasteiger charge is 2.30. The van der Waals surface area contributed by atoms with Gasteiger partial charge in [0.25, 0.3) is 0 Å². The molecule has 0 aliphatic heterocycles. The van der Waals surface area contributed by atoms with Crippen molar-refractivity contribution in [3.8, 4) is 0 Å². The van der Waals surface area contributed by atoms with Gasteiger partial charge < -0.3 is 10.4 Å². The number of benzene rings is 2. The van der Waals surface area contributed by atoms with Crippen LogP contribution in [0.15, 0.2) is 36.4 Å². The van der Waals surface area contributed by atoms with Crippen LogP contribution in [0.4, 0.5) is 8.78 Å². The molecule has 4 heteroatoms. The summed E-state index contributed by atoms with van der Waals surface area (Å²) in [7, 11) is 1.75. The van der Waals surface area contributed by atoms with Gasteiger partial charge in [-0.05, 0) is 60.3 Å². The van der Waals surface area contributed by atoms with Gasteiger partial charge in [-0.3, -0.25) is 0 Å². The van der Waals surface area contributed by atoms with Crippen molar-refractivity contribution in [2.24, 2.45) is 0 Å². The van der Waals surface area contributed by atoms with Crippen molar-refractivity contribution in [1.82, 2.24) is 5.32 Å². The lowest BCUT2D eigenvalue weighted by atomic mass is 9.83. The lowest BCUT2D eigenvalue weighted by Gasteiger charge is -2.25. The molecule has 2 aromatic carbocycles. The van der Waals surface area contributed by atoms with Crippen LogP contribution in [0.3, 0.4) is 0 Å². The summed E-state index contributed by atoms with van der Waals surface area (Å²) in [4.78, 5) is 0. The lowest BCUT2D eigenvalue weighted by Crippen LogP contribution is -2.31. The van der Waals surface area contributed by atoms with E-state index in [1.165, 1.54) is 18.2 Å². The summed E-state index contributed by atoms with van der Waals surface area (Å²) in [6, 6.07) is 9.57. The monoisotopic (exact) mass is 303 g/mol. The standard InChI is InChI=1S/C18H19F2NO/c1-21-10-17(22)18-14-3-2-4-16(20)13(14)8-6-11-5-7-12(19)9-15(11)18/h2-5,7,9,17-18,21-22H,6,8,10H2,1H3. The third kappa shape index (κ3) is 2.64. The van der Waals surface area contributed by atoms with Crippen molar-refractivity contribution in [2.75, 3.05) is 13.6 Å². The van der Waals surface area contributed by atoms with Crippen LogP contribution in [-0.4, -0.2) is 24.8 Å². The smallest absolute Gasteiger partial charge is 0.126 e. The minimum absolute atomic E-state index is 0.257. The predicted molar refractivity (Wildman–Crippen MR) is 82.0 cm³/mol. The first-order chi connectivity index (χ1) is 10.6. The topological polar surface area (TPSA) is 32.3 Å². The van der Waals surface area contributed by atoms with Gasteiger partial charge in [0, 0.05) is 12.5 Å². The first-order valence-corrected chi connectivity index (χ1v) is 7.50. The van der Waals surface area contributed by atoms with Gasteiger partial charge in [0.1, 0.15) is 11.6 Å². The van der Waals surface area contributed by atoms with Crippen molar-refractivity contribution in [2.45, 2.75) is 24.9 Å². The van der Waals surface area contributed by atoms with Crippen LogP contribution in [0.2, 0.25) is 0 Å². The molecule has 0 radical (unpaired) electrons. The molecular weight excluding hydrogens is 284 g/mol. The molecule has 3 rings (SSSR count). The normalized spacial score (nSPS) is 18.3. The van der Waals surface area contributed by atoms with Crippen LogP contribution in [0.5, 0.6) is 0 Å². The van der Waals surface area contributed by atoms with E-state index in [0.717, 1.165) is 16.7 Å². The molecule has 116 valence electrons. The van der Waals surface area contributed by atoms with Crippen molar-refractivity contribution in [1.29, 1.82) is 0 Å². The van der Waals surface area contributed by atoms with Gasteiger partial charge in [-0.1, -0.05) is 18.2 Å². The second-order valence-electron chi connectivity index (χ2n) is 5.75. The number of hydrogen-bond acceptors (Lipinski definition) is 2. The van der Waals surface area contributed by atoms with E-state index in [1.807, 2.05) is 6.07 Å². The molecule has 2 atom stereocenters. The molecule has 0 aromatic heterocycles. The van der Waals surface area contributed by atoms with Gasteiger partial charge in [-0.25, -0.2) is 8.78 Å². The maximum Gasteiger partial charge on any atom is 0.126 e. The summed E-state index contributed by atoms with van der Waals surface area (Å²) in [5, 5.41) is 13.5. The van der Waals surface area contributed by atoms with Crippen molar-refractivity contribution >= 4 is 0 Å². The number of aliphatic hydroxyl groups is 1. The van der Waals surface area contributed by atoms with E-state index in [9.17, 15) is 13.9 Å². The summed E-state index contributed by atoms with van der Waals surface area (Å²) >= 11 is 0. The predicted octanol–water partition coefficient (Wildman–Crippen LogP) is 2.78. The Balaban J connectivity index is 2.20. The summed E-state index contributed by atoms with van der Waals surface area (Å²) in [6.45, 7) is 0.358. The Labute approximate surface area is 128 Å². The number of likely N-dealkylation sites (N-methyl/N-ethyl adjacent to an activating group) is 1. The third-order valence-corrected chi connectivity index (χ3v) is 4.38. The molecule has 0 amide bonds. The van der Waals surface area contributed by atoms with Crippen LogP contribution in [0.1, 0.15) is 28.2 Å². The average Bonchev–Trinajstić information content (AvgIpc) is 2.64. The van der Waals surface area contributed by atoms with Gasteiger partial charge in [-0.2, -0.15) is 0 Å². The fourth-order valence-electron chi connectivity index (χ4n) is 3.38. The summed E-state index contributed by atoms with van der Waals surface area (Å²) < 4.78 is 27.9. The molecule has 0 bridgehead atoms. The Bertz CT molecular complexity index is 685. The first-order valence-electron chi connectivity index (χ1n) is 7.50. The minimum atomic E-state index is -0.746. The number of aliphatic hydroxyl groups excluding tert-OH is 1. The fraction of sp³-hybridized carbons (Fsp3) is 0.333. The highest BCUT2D eigenvalue weighted by atomic mass is 19.1. The molecule has 1 aliphatic rings. The molecule has 22 heavy (non-hydrogen) atoms. The highest BCUT2D eigenvalue weighted by molar-refractivity contribution is 5.46. The van der Waals surface area contributed by atoms with E-state index in [-0.39, 0.29) is 11.6 Å². The third-order valence-electron chi connectivity index (χ3n) is 4.38. The van der Waals surface area contributed by atoms with E-state index < -0.39 is 12.0 Å². The number of nitrogens with one attached hydrogen (secondary N) is 1.